The number of hydrogen-bond acceptors (Lipinski definition) is 5. The standard InChI is InChI=1S/C15H23N3O5S2/c19-15(18-13-6-4-5-7-13)12-17-24(20,21)11-10-16-25(22,23)14-8-2-1-3-9-14/h1-3,8-9,13,16-17H,4-7,10-12H2,(H,18,19). The first-order valence-electron chi connectivity index (χ1n) is 8.10. The molecule has 1 saturated carbocycles. The Kier molecular flexibility index (Phi) is 6.94. The molecule has 0 bridgehead atoms. The number of sulfonamides is 2. The van der Waals surface area contributed by atoms with Gasteiger partial charge in [-0.1, -0.05) is 31.0 Å². The lowest BCUT2D eigenvalue weighted by molar-refractivity contribution is -0.120. The zero-order valence-corrected chi connectivity index (χ0v) is 15.4. The van der Waals surface area contributed by atoms with E-state index in [1.165, 1.54) is 12.1 Å². The van der Waals surface area contributed by atoms with Crippen LogP contribution >= 0.6 is 0 Å². The minimum Gasteiger partial charge on any atom is -0.352 e. The van der Waals surface area contributed by atoms with E-state index < -0.39 is 25.8 Å². The summed E-state index contributed by atoms with van der Waals surface area (Å²) in [6.45, 7) is -0.624. The largest absolute Gasteiger partial charge is 0.352 e. The summed E-state index contributed by atoms with van der Waals surface area (Å²) in [5.74, 6) is -0.823. The fourth-order valence-corrected chi connectivity index (χ4v) is 4.64. The van der Waals surface area contributed by atoms with E-state index in [0.29, 0.717) is 0 Å². The van der Waals surface area contributed by atoms with Crippen LogP contribution in [0, 0.1) is 0 Å². The van der Waals surface area contributed by atoms with Gasteiger partial charge < -0.3 is 5.32 Å². The highest BCUT2D eigenvalue weighted by Crippen LogP contribution is 2.17. The highest BCUT2D eigenvalue weighted by atomic mass is 32.2. The van der Waals surface area contributed by atoms with E-state index in [9.17, 15) is 21.6 Å². The summed E-state index contributed by atoms with van der Waals surface area (Å²) in [6, 6.07) is 7.80. The minimum atomic E-state index is -3.75. The van der Waals surface area contributed by atoms with Gasteiger partial charge in [0.2, 0.25) is 26.0 Å². The van der Waals surface area contributed by atoms with Crippen molar-refractivity contribution in [3.8, 4) is 0 Å². The summed E-state index contributed by atoms with van der Waals surface area (Å²) < 4.78 is 52.1. The smallest absolute Gasteiger partial charge is 0.240 e. The van der Waals surface area contributed by atoms with Crippen LogP contribution in [0.4, 0.5) is 0 Å². The normalized spacial score (nSPS) is 16.0. The van der Waals surface area contributed by atoms with Gasteiger partial charge in [-0.15, -0.1) is 0 Å². The first-order valence-corrected chi connectivity index (χ1v) is 11.2. The van der Waals surface area contributed by atoms with Crippen LogP contribution in [-0.4, -0.2) is 47.6 Å². The predicted molar refractivity (Wildman–Crippen MR) is 93.8 cm³/mol. The molecule has 1 aliphatic carbocycles. The molecule has 25 heavy (non-hydrogen) atoms. The van der Waals surface area contributed by atoms with Gasteiger partial charge >= 0.3 is 0 Å². The number of carbonyl (C=O) groups is 1. The van der Waals surface area contributed by atoms with Gasteiger partial charge in [0.25, 0.3) is 0 Å². The second-order valence-electron chi connectivity index (χ2n) is 5.90. The molecule has 10 heteroatoms. The van der Waals surface area contributed by atoms with Gasteiger partial charge in [0.05, 0.1) is 17.2 Å². The van der Waals surface area contributed by atoms with Gasteiger partial charge in [0.15, 0.2) is 0 Å². The topological polar surface area (TPSA) is 121 Å². The van der Waals surface area contributed by atoms with Gasteiger partial charge in [-0.3, -0.25) is 4.79 Å². The van der Waals surface area contributed by atoms with Crippen LogP contribution in [-0.2, 0) is 24.8 Å². The molecule has 8 nitrogen and oxygen atoms in total. The second kappa shape index (κ2) is 8.75. The van der Waals surface area contributed by atoms with Crippen LogP contribution in [0.5, 0.6) is 0 Å². The fraction of sp³-hybridized carbons (Fsp3) is 0.533. The summed E-state index contributed by atoms with van der Waals surface area (Å²) in [4.78, 5) is 11.8. The Labute approximate surface area is 148 Å². The Morgan fingerprint density at radius 2 is 1.64 bits per heavy atom. The zero-order valence-electron chi connectivity index (χ0n) is 13.8. The van der Waals surface area contributed by atoms with E-state index in [1.807, 2.05) is 0 Å². The number of carbonyl (C=O) groups excluding carboxylic acids is 1. The maximum Gasteiger partial charge on any atom is 0.240 e. The van der Waals surface area contributed by atoms with Crippen LogP contribution in [0.2, 0.25) is 0 Å². The monoisotopic (exact) mass is 389 g/mol. The molecule has 1 aliphatic rings. The van der Waals surface area contributed by atoms with E-state index in [-0.39, 0.29) is 29.9 Å². The van der Waals surface area contributed by atoms with Crippen molar-refractivity contribution in [1.29, 1.82) is 0 Å². The van der Waals surface area contributed by atoms with Crippen LogP contribution in [0.1, 0.15) is 25.7 Å². The van der Waals surface area contributed by atoms with Crippen LogP contribution in [0.25, 0.3) is 0 Å². The van der Waals surface area contributed by atoms with E-state index in [4.69, 9.17) is 0 Å². The lowest BCUT2D eigenvalue weighted by Gasteiger charge is -2.12. The zero-order chi connectivity index (χ0) is 18.3. The van der Waals surface area contributed by atoms with Gasteiger partial charge in [0, 0.05) is 12.6 Å². The van der Waals surface area contributed by atoms with Crippen molar-refractivity contribution in [2.24, 2.45) is 0 Å². The van der Waals surface area contributed by atoms with E-state index in [1.54, 1.807) is 18.2 Å². The molecule has 0 aliphatic heterocycles. The quantitative estimate of drug-likeness (QED) is 0.546. The predicted octanol–water partition coefficient (Wildman–Crippen LogP) is -0.0569. The summed E-state index contributed by atoms with van der Waals surface area (Å²) >= 11 is 0. The Bertz CT molecular complexity index is 773. The number of hydrogen-bond donors (Lipinski definition) is 3. The third-order valence-corrected chi connectivity index (χ3v) is 6.69. The molecular weight excluding hydrogens is 366 g/mol. The Balaban J connectivity index is 1.74. The highest BCUT2D eigenvalue weighted by molar-refractivity contribution is 7.90. The molecule has 0 atom stereocenters. The Morgan fingerprint density at radius 1 is 1.00 bits per heavy atom. The average Bonchev–Trinajstić information content (AvgIpc) is 3.06. The number of nitrogens with one attached hydrogen (secondary N) is 3. The maximum absolute atomic E-state index is 12.0. The van der Waals surface area contributed by atoms with Crippen LogP contribution in [0.15, 0.2) is 35.2 Å². The third kappa shape index (κ3) is 6.73. The number of rotatable bonds is 9. The molecule has 0 aromatic heterocycles. The first-order chi connectivity index (χ1) is 11.8. The molecule has 0 spiro atoms. The summed E-state index contributed by atoms with van der Waals surface area (Å²) in [6.07, 6.45) is 3.97. The molecule has 1 amide bonds. The van der Waals surface area contributed by atoms with Crippen LogP contribution < -0.4 is 14.8 Å². The highest BCUT2D eigenvalue weighted by Gasteiger charge is 2.19. The molecular formula is C15H23N3O5S2. The van der Waals surface area contributed by atoms with Crippen molar-refractivity contribution < 1.29 is 21.6 Å². The van der Waals surface area contributed by atoms with E-state index >= 15 is 0 Å². The fourth-order valence-electron chi connectivity index (χ4n) is 2.59. The van der Waals surface area contributed by atoms with Gasteiger partial charge in [0.1, 0.15) is 0 Å². The van der Waals surface area contributed by atoms with E-state index in [0.717, 1.165) is 25.7 Å². The molecule has 0 saturated heterocycles. The Hall–Kier alpha value is -1.49. The van der Waals surface area contributed by atoms with Gasteiger partial charge in [-0.25, -0.2) is 26.3 Å². The minimum absolute atomic E-state index is 0.0660. The van der Waals surface area contributed by atoms with Crippen molar-refractivity contribution in [2.75, 3.05) is 18.8 Å². The van der Waals surface area contributed by atoms with Gasteiger partial charge in [-0.2, -0.15) is 0 Å². The average molecular weight is 389 g/mol. The lowest BCUT2D eigenvalue weighted by atomic mass is 10.2. The third-order valence-electron chi connectivity index (χ3n) is 3.89. The van der Waals surface area contributed by atoms with Crippen molar-refractivity contribution in [3.05, 3.63) is 30.3 Å². The second-order valence-corrected chi connectivity index (χ2v) is 9.59. The van der Waals surface area contributed by atoms with Crippen molar-refractivity contribution >= 4 is 26.0 Å². The SMILES string of the molecule is O=C(CNS(=O)(=O)CCNS(=O)(=O)c1ccccc1)NC1CCCC1. The summed E-state index contributed by atoms with van der Waals surface area (Å²) in [5.41, 5.74) is 0. The Morgan fingerprint density at radius 3 is 2.28 bits per heavy atom. The summed E-state index contributed by atoms with van der Waals surface area (Å²) in [5, 5.41) is 2.78. The van der Waals surface area contributed by atoms with Crippen LogP contribution in [0.3, 0.4) is 0 Å². The molecule has 140 valence electrons. The molecule has 0 unspecified atom stereocenters. The van der Waals surface area contributed by atoms with Crippen molar-refractivity contribution in [2.45, 2.75) is 36.6 Å². The molecule has 1 aromatic carbocycles. The summed E-state index contributed by atoms with van der Waals surface area (Å²) in [7, 11) is -7.50. The maximum atomic E-state index is 12.0. The molecule has 1 aromatic rings. The van der Waals surface area contributed by atoms with Gasteiger partial charge in [-0.05, 0) is 25.0 Å². The lowest BCUT2D eigenvalue weighted by Crippen LogP contribution is -2.42. The van der Waals surface area contributed by atoms with Crippen molar-refractivity contribution in [1.82, 2.24) is 14.8 Å². The molecule has 0 heterocycles. The number of benzene rings is 1. The molecule has 0 radical (unpaired) electrons. The van der Waals surface area contributed by atoms with E-state index in [2.05, 4.69) is 14.8 Å². The van der Waals surface area contributed by atoms with Crippen molar-refractivity contribution in [3.63, 3.8) is 0 Å². The molecule has 1 fully saturated rings. The molecule has 2 rings (SSSR count). The first kappa shape index (κ1) is 19.8. The molecule has 3 N–H and O–H groups in total. The number of amides is 1.